The summed E-state index contributed by atoms with van der Waals surface area (Å²) in [6, 6.07) is 0.661. The van der Waals surface area contributed by atoms with Gasteiger partial charge in [-0.3, -0.25) is 0 Å². The van der Waals surface area contributed by atoms with Gasteiger partial charge in [-0.1, -0.05) is 26.7 Å². The highest BCUT2D eigenvalue weighted by Crippen LogP contribution is 2.19. The predicted octanol–water partition coefficient (Wildman–Crippen LogP) is 1.88. The first-order chi connectivity index (χ1) is 5.86. The van der Waals surface area contributed by atoms with E-state index in [1.54, 1.807) is 0 Å². The monoisotopic (exact) mass is 169 g/mol. The summed E-state index contributed by atoms with van der Waals surface area (Å²) in [7, 11) is 0. The van der Waals surface area contributed by atoms with Crippen molar-refractivity contribution in [2.75, 3.05) is 6.54 Å². The summed E-state index contributed by atoms with van der Waals surface area (Å²) >= 11 is 0. The van der Waals surface area contributed by atoms with E-state index in [2.05, 4.69) is 19.2 Å². The molecule has 1 atom stereocenters. The van der Waals surface area contributed by atoms with Crippen LogP contribution in [0.25, 0.3) is 0 Å². The van der Waals surface area contributed by atoms with Crippen molar-refractivity contribution in [2.24, 2.45) is 0 Å². The van der Waals surface area contributed by atoms with Crippen LogP contribution in [0.3, 0.4) is 0 Å². The normalized spacial score (nSPS) is 21.5. The smallest absolute Gasteiger partial charge is 0.0736 e. The molecule has 1 aliphatic carbocycles. The average molecular weight is 169 g/mol. The third-order valence-corrected chi connectivity index (χ3v) is 2.54. The Kier molecular flexibility index (Phi) is 4.62. The molecule has 12 heavy (non-hydrogen) atoms. The maximum absolute atomic E-state index is 4.77. The minimum atomic E-state index is 0.415. The lowest BCUT2D eigenvalue weighted by Gasteiger charge is -2.19. The van der Waals surface area contributed by atoms with Gasteiger partial charge < -0.3 is 5.32 Å². The van der Waals surface area contributed by atoms with Gasteiger partial charge in [0.2, 0.25) is 0 Å². The first-order valence-electron chi connectivity index (χ1n) is 5.30. The topological polar surface area (TPSA) is 26.1 Å². The van der Waals surface area contributed by atoms with Crippen LogP contribution in [0.2, 0.25) is 0 Å². The van der Waals surface area contributed by atoms with E-state index >= 15 is 0 Å². The van der Waals surface area contributed by atoms with Crippen LogP contribution in [0, 0.1) is 0 Å². The molecule has 1 rings (SSSR count). The van der Waals surface area contributed by atoms with Gasteiger partial charge in [0.1, 0.15) is 0 Å². The van der Waals surface area contributed by atoms with Crippen molar-refractivity contribution in [3.05, 3.63) is 0 Å². The van der Waals surface area contributed by atoms with Crippen molar-refractivity contribution in [3.8, 4) is 0 Å². The minimum Gasteiger partial charge on any atom is -0.301 e. The SMILES string of the molecule is CCNC(CC)[N]C1CCCC1. The zero-order chi connectivity index (χ0) is 8.81. The van der Waals surface area contributed by atoms with Gasteiger partial charge in [-0.15, -0.1) is 0 Å². The summed E-state index contributed by atoms with van der Waals surface area (Å²) in [5.74, 6) is 0. The molecule has 0 amide bonds. The van der Waals surface area contributed by atoms with E-state index in [1.807, 2.05) is 0 Å². The summed E-state index contributed by atoms with van der Waals surface area (Å²) in [5.41, 5.74) is 0. The first kappa shape index (κ1) is 10.0. The molecule has 0 heterocycles. The van der Waals surface area contributed by atoms with Crippen molar-refractivity contribution in [1.29, 1.82) is 0 Å². The fourth-order valence-corrected chi connectivity index (χ4v) is 1.85. The lowest BCUT2D eigenvalue weighted by atomic mass is 10.2. The molecule has 0 aromatic heterocycles. The van der Waals surface area contributed by atoms with Crippen LogP contribution in [0.15, 0.2) is 0 Å². The van der Waals surface area contributed by atoms with Crippen LogP contribution in [0.5, 0.6) is 0 Å². The standard InChI is InChI=1S/C10H21N2/c1-3-10(11-4-2)12-9-7-5-6-8-9/h9-11H,3-8H2,1-2H3. The van der Waals surface area contributed by atoms with Gasteiger partial charge in [-0.25, -0.2) is 5.32 Å². The lowest BCUT2D eigenvalue weighted by Crippen LogP contribution is -2.40. The van der Waals surface area contributed by atoms with Gasteiger partial charge >= 0.3 is 0 Å². The van der Waals surface area contributed by atoms with Crippen molar-refractivity contribution >= 4 is 0 Å². The van der Waals surface area contributed by atoms with Crippen molar-refractivity contribution in [2.45, 2.75) is 58.2 Å². The Morgan fingerprint density at radius 2 is 2.00 bits per heavy atom. The molecular weight excluding hydrogens is 148 g/mol. The van der Waals surface area contributed by atoms with E-state index in [9.17, 15) is 0 Å². The van der Waals surface area contributed by atoms with Crippen molar-refractivity contribution in [1.82, 2.24) is 10.6 Å². The molecule has 0 spiro atoms. The molecule has 0 saturated heterocycles. The molecule has 0 aromatic carbocycles. The van der Waals surface area contributed by atoms with Crippen LogP contribution < -0.4 is 10.6 Å². The van der Waals surface area contributed by atoms with Crippen LogP contribution in [-0.4, -0.2) is 18.8 Å². The molecule has 2 heteroatoms. The van der Waals surface area contributed by atoms with Crippen molar-refractivity contribution in [3.63, 3.8) is 0 Å². The molecule has 1 unspecified atom stereocenters. The number of rotatable bonds is 5. The molecule has 1 saturated carbocycles. The Labute approximate surface area is 76.1 Å². The Morgan fingerprint density at radius 3 is 2.50 bits per heavy atom. The first-order valence-corrected chi connectivity index (χ1v) is 5.30. The third-order valence-electron chi connectivity index (χ3n) is 2.54. The fraction of sp³-hybridized carbons (Fsp3) is 1.00. The fourth-order valence-electron chi connectivity index (χ4n) is 1.85. The molecule has 1 aliphatic rings. The van der Waals surface area contributed by atoms with Gasteiger partial charge in [-0.05, 0) is 25.8 Å². The van der Waals surface area contributed by atoms with E-state index in [-0.39, 0.29) is 0 Å². The Morgan fingerprint density at radius 1 is 1.33 bits per heavy atom. The zero-order valence-electron chi connectivity index (χ0n) is 8.34. The van der Waals surface area contributed by atoms with Gasteiger partial charge in [0.25, 0.3) is 0 Å². The molecule has 0 aliphatic heterocycles. The zero-order valence-corrected chi connectivity index (χ0v) is 8.34. The lowest BCUT2D eigenvalue weighted by molar-refractivity contribution is 0.359. The number of nitrogens with zero attached hydrogens (tertiary/aromatic N) is 1. The Balaban J connectivity index is 2.16. The Hall–Kier alpha value is -0.0800. The summed E-state index contributed by atoms with van der Waals surface area (Å²) in [4.78, 5) is 0. The van der Waals surface area contributed by atoms with Crippen LogP contribution in [0.4, 0.5) is 0 Å². The van der Waals surface area contributed by atoms with Crippen LogP contribution in [0.1, 0.15) is 46.0 Å². The van der Waals surface area contributed by atoms with E-state index in [0.717, 1.165) is 13.0 Å². The largest absolute Gasteiger partial charge is 0.301 e. The summed E-state index contributed by atoms with van der Waals surface area (Å²) in [6.45, 7) is 5.38. The van der Waals surface area contributed by atoms with Crippen molar-refractivity contribution < 1.29 is 0 Å². The quantitative estimate of drug-likeness (QED) is 0.668. The van der Waals surface area contributed by atoms with Gasteiger partial charge in [-0.2, -0.15) is 0 Å². The highest BCUT2D eigenvalue weighted by atomic mass is 15.1. The second-order valence-electron chi connectivity index (χ2n) is 3.57. The van der Waals surface area contributed by atoms with E-state index < -0.39 is 0 Å². The molecule has 71 valence electrons. The Bertz CT molecular complexity index is 108. The van der Waals surface area contributed by atoms with Gasteiger partial charge in [0.15, 0.2) is 0 Å². The summed E-state index contributed by atoms with van der Waals surface area (Å²) in [6.07, 6.45) is 6.96. The molecule has 1 N–H and O–H groups in total. The second-order valence-corrected chi connectivity index (χ2v) is 3.57. The van der Waals surface area contributed by atoms with Crippen LogP contribution >= 0.6 is 0 Å². The molecule has 1 fully saturated rings. The third kappa shape index (κ3) is 3.11. The van der Waals surface area contributed by atoms with E-state index in [1.165, 1.54) is 25.7 Å². The molecule has 0 aromatic rings. The summed E-state index contributed by atoms with van der Waals surface area (Å²) in [5, 5.41) is 8.17. The van der Waals surface area contributed by atoms with E-state index in [0.29, 0.717) is 12.2 Å². The maximum atomic E-state index is 4.77. The highest BCUT2D eigenvalue weighted by molar-refractivity contribution is 4.76. The minimum absolute atomic E-state index is 0.415. The average Bonchev–Trinajstić information content (AvgIpc) is 2.56. The molecule has 2 nitrogen and oxygen atoms in total. The molecular formula is C10H21N2. The van der Waals surface area contributed by atoms with Gasteiger partial charge in [0.05, 0.1) is 6.17 Å². The molecule has 1 radical (unpaired) electrons. The molecule has 0 bridgehead atoms. The number of hydrogen-bond donors (Lipinski definition) is 1. The predicted molar refractivity (Wildman–Crippen MR) is 52.1 cm³/mol. The second kappa shape index (κ2) is 5.55. The van der Waals surface area contributed by atoms with E-state index in [4.69, 9.17) is 5.32 Å². The van der Waals surface area contributed by atoms with Gasteiger partial charge in [0, 0.05) is 6.04 Å². The maximum Gasteiger partial charge on any atom is 0.0736 e. The highest BCUT2D eigenvalue weighted by Gasteiger charge is 2.18. The summed E-state index contributed by atoms with van der Waals surface area (Å²) < 4.78 is 0. The number of hydrogen-bond acceptors (Lipinski definition) is 1. The van der Waals surface area contributed by atoms with Crippen LogP contribution in [-0.2, 0) is 0 Å². The number of nitrogens with one attached hydrogen (secondary N) is 1.